The molecule has 8 heteroatoms. The van der Waals surface area contributed by atoms with Crippen LogP contribution < -0.4 is 14.3 Å². The summed E-state index contributed by atoms with van der Waals surface area (Å²) < 4.78 is 18.4. The molecule has 1 aromatic heterocycles. The van der Waals surface area contributed by atoms with Gasteiger partial charge in [0.1, 0.15) is 6.54 Å². The predicted octanol–water partition coefficient (Wildman–Crippen LogP) is 3.64. The highest BCUT2D eigenvalue weighted by Crippen LogP contribution is 2.31. The summed E-state index contributed by atoms with van der Waals surface area (Å²) in [5.74, 6) is -0.106. The Hall–Kier alpha value is -3.13. The van der Waals surface area contributed by atoms with Gasteiger partial charge in [-0.2, -0.15) is 4.99 Å². The molecule has 0 unspecified atom stereocenters. The molecule has 30 heavy (non-hydrogen) atoms. The first-order valence-corrected chi connectivity index (χ1v) is 10.3. The van der Waals surface area contributed by atoms with Crippen LogP contribution in [0.4, 0.5) is 0 Å². The Morgan fingerprint density at radius 3 is 2.50 bits per heavy atom. The quantitative estimate of drug-likeness (QED) is 0.560. The highest BCUT2D eigenvalue weighted by molar-refractivity contribution is 7.16. The third kappa shape index (κ3) is 4.23. The van der Waals surface area contributed by atoms with Crippen LogP contribution in [0.2, 0.25) is 0 Å². The smallest absolute Gasteiger partial charge is 0.326 e. The minimum atomic E-state index is -0.483. The Bertz CT molecular complexity index is 1180. The number of carbonyl (C=O) groups excluding carboxylic acids is 2. The van der Waals surface area contributed by atoms with Crippen molar-refractivity contribution in [3.8, 4) is 11.5 Å². The number of rotatable bonds is 6. The lowest BCUT2D eigenvalue weighted by Crippen LogP contribution is -2.23. The number of methoxy groups -OCH3 is 2. The van der Waals surface area contributed by atoms with Crippen molar-refractivity contribution in [2.75, 3.05) is 20.8 Å². The second-order valence-electron chi connectivity index (χ2n) is 6.64. The van der Waals surface area contributed by atoms with E-state index < -0.39 is 5.91 Å². The summed E-state index contributed by atoms with van der Waals surface area (Å²) in [4.78, 5) is 29.9. The van der Waals surface area contributed by atoms with Gasteiger partial charge in [0.15, 0.2) is 16.3 Å². The third-order valence-corrected chi connectivity index (χ3v) is 5.76. The molecule has 0 spiro atoms. The minimum Gasteiger partial charge on any atom is -0.493 e. The van der Waals surface area contributed by atoms with Gasteiger partial charge in [-0.15, -0.1) is 0 Å². The van der Waals surface area contributed by atoms with Gasteiger partial charge in [0, 0.05) is 0 Å². The van der Waals surface area contributed by atoms with Crippen LogP contribution in [0.25, 0.3) is 10.2 Å². The van der Waals surface area contributed by atoms with Crippen LogP contribution in [0.3, 0.4) is 0 Å². The molecule has 7 nitrogen and oxygen atoms in total. The molecule has 0 aliphatic heterocycles. The Labute approximate surface area is 178 Å². The number of ether oxygens (including phenoxy) is 3. The van der Waals surface area contributed by atoms with Crippen molar-refractivity contribution in [3.63, 3.8) is 0 Å². The van der Waals surface area contributed by atoms with E-state index in [0.717, 1.165) is 21.3 Å². The molecule has 3 aromatic rings. The number of nitrogens with zero attached hydrogens (tertiary/aromatic N) is 2. The molecule has 0 N–H and O–H groups in total. The number of hydrogen-bond donors (Lipinski definition) is 0. The molecular formula is C22H24N2O5S. The fraction of sp³-hybridized carbons (Fsp3) is 0.318. The van der Waals surface area contributed by atoms with Crippen LogP contribution in [0.15, 0.2) is 35.3 Å². The van der Waals surface area contributed by atoms with E-state index in [4.69, 9.17) is 14.2 Å². The maximum absolute atomic E-state index is 13.0. The lowest BCUT2D eigenvalue weighted by atomic mass is 10.1. The number of thiazole rings is 1. The molecule has 0 atom stereocenters. The van der Waals surface area contributed by atoms with Gasteiger partial charge in [0.2, 0.25) is 0 Å². The minimum absolute atomic E-state index is 0.0301. The Balaban J connectivity index is 2.18. The van der Waals surface area contributed by atoms with Crippen molar-refractivity contribution in [2.45, 2.75) is 27.3 Å². The van der Waals surface area contributed by atoms with Crippen molar-refractivity contribution < 1.29 is 23.8 Å². The maximum atomic E-state index is 13.0. The number of benzene rings is 2. The second kappa shape index (κ2) is 9.13. The zero-order valence-electron chi connectivity index (χ0n) is 17.6. The molecule has 0 saturated heterocycles. The normalized spacial score (nSPS) is 11.6. The van der Waals surface area contributed by atoms with E-state index in [1.165, 1.54) is 25.6 Å². The van der Waals surface area contributed by atoms with Gasteiger partial charge >= 0.3 is 5.97 Å². The number of hydrogen-bond acceptors (Lipinski definition) is 6. The SMILES string of the molecule is CCOC(=O)Cn1c(=NC(=O)c2cccc(OC)c2OC)sc2cc(C)c(C)cc21. The van der Waals surface area contributed by atoms with Gasteiger partial charge in [-0.1, -0.05) is 17.4 Å². The van der Waals surface area contributed by atoms with Crippen LogP contribution in [0.1, 0.15) is 28.4 Å². The largest absolute Gasteiger partial charge is 0.493 e. The molecule has 0 radical (unpaired) electrons. The molecule has 0 aliphatic rings. The van der Waals surface area contributed by atoms with Crippen LogP contribution in [-0.4, -0.2) is 37.3 Å². The van der Waals surface area contributed by atoms with E-state index in [9.17, 15) is 9.59 Å². The summed E-state index contributed by atoms with van der Waals surface area (Å²) in [5, 5.41) is 0. The fourth-order valence-electron chi connectivity index (χ4n) is 3.10. The van der Waals surface area contributed by atoms with Gasteiger partial charge < -0.3 is 18.8 Å². The Kier molecular flexibility index (Phi) is 6.56. The number of esters is 1. The first-order valence-electron chi connectivity index (χ1n) is 9.45. The highest BCUT2D eigenvalue weighted by Gasteiger charge is 2.18. The first kappa shape index (κ1) is 21.6. The van der Waals surface area contributed by atoms with Crippen molar-refractivity contribution in [1.29, 1.82) is 0 Å². The fourth-order valence-corrected chi connectivity index (χ4v) is 4.21. The van der Waals surface area contributed by atoms with E-state index in [0.29, 0.717) is 16.3 Å². The summed E-state index contributed by atoms with van der Waals surface area (Å²) in [6.07, 6.45) is 0. The van der Waals surface area contributed by atoms with Gasteiger partial charge in [0.05, 0.1) is 36.6 Å². The van der Waals surface area contributed by atoms with E-state index in [1.54, 1.807) is 29.7 Å². The van der Waals surface area contributed by atoms with Crippen molar-refractivity contribution >= 4 is 33.4 Å². The third-order valence-electron chi connectivity index (χ3n) is 4.72. The van der Waals surface area contributed by atoms with Gasteiger partial charge in [-0.25, -0.2) is 0 Å². The molecule has 0 saturated carbocycles. The van der Waals surface area contributed by atoms with Gasteiger partial charge in [-0.3, -0.25) is 9.59 Å². The second-order valence-corrected chi connectivity index (χ2v) is 7.65. The molecule has 0 bridgehead atoms. The topological polar surface area (TPSA) is 79.1 Å². The first-order chi connectivity index (χ1) is 14.4. The number of fused-ring (bicyclic) bond motifs is 1. The molecule has 2 aromatic carbocycles. The number of amides is 1. The molecule has 0 fully saturated rings. The Morgan fingerprint density at radius 1 is 1.10 bits per heavy atom. The number of aromatic nitrogens is 1. The zero-order valence-corrected chi connectivity index (χ0v) is 18.5. The van der Waals surface area contributed by atoms with Crippen molar-refractivity contribution in [1.82, 2.24) is 4.57 Å². The van der Waals surface area contributed by atoms with E-state index >= 15 is 0 Å². The van der Waals surface area contributed by atoms with Crippen molar-refractivity contribution in [2.24, 2.45) is 4.99 Å². The molecule has 1 amide bonds. The van der Waals surface area contributed by atoms with E-state index in [1.807, 2.05) is 26.0 Å². The van der Waals surface area contributed by atoms with Crippen LogP contribution in [0.5, 0.6) is 11.5 Å². The predicted molar refractivity (Wildman–Crippen MR) is 115 cm³/mol. The van der Waals surface area contributed by atoms with Crippen LogP contribution >= 0.6 is 11.3 Å². The van der Waals surface area contributed by atoms with Crippen molar-refractivity contribution in [3.05, 3.63) is 51.8 Å². The monoisotopic (exact) mass is 428 g/mol. The average molecular weight is 429 g/mol. The lowest BCUT2D eigenvalue weighted by Gasteiger charge is -2.10. The van der Waals surface area contributed by atoms with Crippen LogP contribution in [-0.2, 0) is 16.1 Å². The van der Waals surface area contributed by atoms with Gasteiger partial charge in [-0.05, 0) is 56.2 Å². The molecule has 158 valence electrons. The molecule has 3 rings (SSSR count). The number of carbonyl (C=O) groups is 2. The number of aryl methyl sites for hydroxylation is 2. The van der Waals surface area contributed by atoms with Gasteiger partial charge in [0.25, 0.3) is 5.91 Å². The molecule has 0 aliphatic carbocycles. The van der Waals surface area contributed by atoms with Crippen LogP contribution in [0, 0.1) is 13.8 Å². The summed E-state index contributed by atoms with van der Waals surface area (Å²) >= 11 is 1.35. The van der Waals surface area contributed by atoms with E-state index in [2.05, 4.69) is 4.99 Å². The Morgan fingerprint density at radius 2 is 1.83 bits per heavy atom. The maximum Gasteiger partial charge on any atom is 0.326 e. The molecule has 1 heterocycles. The summed E-state index contributed by atoms with van der Waals surface area (Å²) in [5.41, 5.74) is 3.33. The summed E-state index contributed by atoms with van der Waals surface area (Å²) in [7, 11) is 2.98. The summed E-state index contributed by atoms with van der Waals surface area (Å²) in [6.45, 7) is 6.03. The molecular weight excluding hydrogens is 404 g/mol. The zero-order chi connectivity index (χ0) is 21.8. The summed E-state index contributed by atoms with van der Waals surface area (Å²) in [6, 6.07) is 9.07. The average Bonchev–Trinajstić information content (AvgIpc) is 3.03. The highest BCUT2D eigenvalue weighted by atomic mass is 32.1. The number of para-hydroxylation sites is 1. The standard InChI is InChI=1S/C22H24N2O5S/c1-6-29-19(25)12-24-16-10-13(2)14(3)11-18(16)30-22(24)23-21(26)15-8-7-9-17(27-4)20(15)28-5/h7-11H,6,12H2,1-5H3. The van der Waals surface area contributed by atoms with E-state index in [-0.39, 0.29) is 24.7 Å². The lowest BCUT2D eigenvalue weighted by molar-refractivity contribution is -0.143.